The zero-order valence-electron chi connectivity index (χ0n) is 18.7. The van der Waals surface area contributed by atoms with E-state index in [1.807, 2.05) is 12.1 Å². The molecule has 0 unspecified atom stereocenters. The Morgan fingerprint density at radius 2 is 1.64 bits per heavy atom. The highest BCUT2D eigenvalue weighted by molar-refractivity contribution is 5.92. The second-order valence-electron chi connectivity index (χ2n) is 8.38. The Balaban J connectivity index is 1.49. The molecule has 0 spiro atoms. The Labute approximate surface area is 192 Å². The van der Waals surface area contributed by atoms with Crippen LogP contribution >= 0.6 is 0 Å². The van der Waals surface area contributed by atoms with Crippen LogP contribution in [0.3, 0.4) is 0 Å². The first-order chi connectivity index (χ1) is 15.9. The van der Waals surface area contributed by atoms with Crippen LogP contribution < -0.4 is 14.4 Å². The molecule has 2 fully saturated rings. The molecule has 2 saturated carbocycles. The van der Waals surface area contributed by atoms with Gasteiger partial charge in [-0.3, -0.25) is 4.79 Å². The van der Waals surface area contributed by atoms with Gasteiger partial charge in [0.25, 0.3) is 0 Å². The lowest BCUT2D eigenvalue weighted by Gasteiger charge is -2.24. The summed E-state index contributed by atoms with van der Waals surface area (Å²) >= 11 is 0. The van der Waals surface area contributed by atoms with Crippen LogP contribution in [0.15, 0.2) is 42.5 Å². The molecule has 2 aromatic rings. The summed E-state index contributed by atoms with van der Waals surface area (Å²) in [7, 11) is 1.27. The van der Waals surface area contributed by atoms with Crippen molar-refractivity contribution < 1.29 is 33.3 Å². The van der Waals surface area contributed by atoms with Gasteiger partial charge in [-0.2, -0.15) is 0 Å². The third-order valence-corrected chi connectivity index (χ3v) is 5.72. The molecule has 4 rings (SSSR count). The normalized spacial score (nSPS) is 15.2. The molecule has 0 atom stereocenters. The van der Waals surface area contributed by atoms with E-state index in [0.717, 1.165) is 37.8 Å². The predicted molar refractivity (Wildman–Crippen MR) is 120 cm³/mol. The molecule has 0 bridgehead atoms. The number of hydrogen-bond donors (Lipinski definition) is 0. The fourth-order valence-electron chi connectivity index (χ4n) is 3.47. The van der Waals surface area contributed by atoms with Gasteiger partial charge in [0, 0.05) is 25.2 Å². The Morgan fingerprint density at radius 3 is 2.21 bits per heavy atom. The van der Waals surface area contributed by atoms with Crippen molar-refractivity contribution in [1.29, 1.82) is 0 Å². The van der Waals surface area contributed by atoms with E-state index >= 15 is 0 Å². The van der Waals surface area contributed by atoms with Gasteiger partial charge in [-0.15, -0.1) is 0 Å². The van der Waals surface area contributed by atoms with Gasteiger partial charge in [-0.1, -0.05) is 0 Å². The summed E-state index contributed by atoms with van der Waals surface area (Å²) in [6.45, 7) is 2.27. The van der Waals surface area contributed by atoms with Crippen LogP contribution in [0.4, 0.5) is 10.5 Å². The minimum absolute atomic E-state index is 0.00285. The van der Waals surface area contributed by atoms with Gasteiger partial charge in [0.2, 0.25) is 5.91 Å². The molecular formula is C25H27NO7. The second kappa shape index (κ2) is 9.94. The number of carbonyl (C=O) groups is 3. The zero-order chi connectivity index (χ0) is 23.4. The van der Waals surface area contributed by atoms with E-state index in [2.05, 4.69) is 0 Å². The molecule has 0 aromatic heterocycles. The number of carbonyl (C=O) groups excluding carboxylic acids is 3. The van der Waals surface area contributed by atoms with E-state index in [-0.39, 0.29) is 23.3 Å². The number of methoxy groups -OCH3 is 1. The molecule has 8 heteroatoms. The van der Waals surface area contributed by atoms with E-state index in [1.54, 1.807) is 24.0 Å². The van der Waals surface area contributed by atoms with Crippen LogP contribution in [-0.2, 0) is 14.3 Å². The highest BCUT2D eigenvalue weighted by Gasteiger charge is 2.26. The first-order valence-electron chi connectivity index (χ1n) is 11.1. The van der Waals surface area contributed by atoms with Gasteiger partial charge >= 0.3 is 12.1 Å². The number of amides is 1. The molecule has 2 aliphatic rings. The van der Waals surface area contributed by atoms with Crippen molar-refractivity contribution in [3.63, 3.8) is 0 Å². The zero-order valence-corrected chi connectivity index (χ0v) is 18.7. The van der Waals surface area contributed by atoms with E-state index in [4.69, 9.17) is 18.9 Å². The van der Waals surface area contributed by atoms with Crippen molar-refractivity contribution in [3.05, 3.63) is 48.0 Å². The molecule has 2 aliphatic carbocycles. The van der Waals surface area contributed by atoms with Gasteiger partial charge < -0.3 is 23.8 Å². The van der Waals surface area contributed by atoms with Crippen LogP contribution in [-0.4, -0.2) is 37.8 Å². The lowest BCUT2D eigenvalue weighted by Crippen LogP contribution is -2.30. The maximum atomic E-state index is 12.1. The first kappa shape index (κ1) is 22.6. The molecule has 0 radical (unpaired) electrons. The van der Waals surface area contributed by atoms with E-state index < -0.39 is 12.1 Å². The fourth-order valence-corrected chi connectivity index (χ4v) is 3.47. The maximum absolute atomic E-state index is 12.1. The van der Waals surface area contributed by atoms with Gasteiger partial charge in [-0.05, 0) is 74.4 Å². The maximum Gasteiger partial charge on any atom is 0.514 e. The van der Waals surface area contributed by atoms with Gasteiger partial charge in [-0.25, -0.2) is 9.59 Å². The van der Waals surface area contributed by atoms with Gasteiger partial charge in [0.1, 0.15) is 23.4 Å². The van der Waals surface area contributed by atoms with Crippen LogP contribution in [0.2, 0.25) is 0 Å². The van der Waals surface area contributed by atoms with Crippen LogP contribution in [0.5, 0.6) is 17.2 Å². The summed E-state index contributed by atoms with van der Waals surface area (Å²) in [6, 6.07) is 11.5. The lowest BCUT2D eigenvalue weighted by molar-refractivity contribution is -0.116. The number of rotatable bonds is 8. The highest BCUT2D eigenvalue weighted by atomic mass is 16.7. The Hall–Kier alpha value is -3.55. The fraction of sp³-hybridized carbons (Fsp3) is 0.400. The quantitative estimate of drug-likeness (QED) is 0.406. The largest absolute Gasteiger partial charge is 0.514 e. The SMILES string of the molecule is COC(=O)c1cc(OC(=O)OC2CCC2)cc(Oc2ccc(N(CC3CC3)C(C)=O)cc2)c1. The lowest BCUT2D eigenvalue weighted by atomic mass is 9.96. The number of hydrogen-bond acceptors (Lipinski definition) is 7. The molecule has 2 aromatic carbocycles. The van der Waals surface area contributed by atoms with Crippen molar-refractivity contribution in [3.8, 4) is 17.2 Å². The summed E-state index contributed by atoms with van der Waals surface area (Å²) < 4.78 is 21.2. The first-order valence-corrected chi connectivity index (χ1v) is 11.1. The molecule has 0 N–H and O–H groups in total. The molecule has 0 heterocycles. The number of esters is 1. The van der Waals surface area contributed by atoms with Crippen LogP contribution in [0.25, 0.3) is 0 Å². The number of benzene rings is 2. The van der Waals surface area contributed by atoms with Gasteiger partial charge in [0.15, 0.2) is 0 Å². The summed E-state index contributed by atoms with van der Waals surface area (Å²) in [5.74, 6) is 0.876. The Morgan fingerprint density at radius 1 is 0.939 bits per heavy atom. The summed E-state index contributed by atoms with van der Waals surface area (Å²) in [5, 5.41) is 0. The molecule has 174 valence electrons. The standard InChI is InChI=1S/C25H27NO7/c1-16(27)26(15-17-6-7-17)19-8-10-21(11-9-19)31-22-12-18(24(28)30-2)13-23(14-22)33-25(29)32-20-4-3-5-20/h8-14,17,20H,3-7,15H2,1-2H3. The van der Waals surface area contributed by atoms with Crippen molar-refractivity contribution in [1.82, 2.24) is 0 Å². The average molecular weight is 453 g/mol. The topological polar surface area (TPSA) is 91.4 Å². The molecule has 8 nitrogen and oxygen atoms in total. The Bertz CT molecular complexity index is 1030. The third kappa shape index (κ3) is 6.03. The minimum atomic E-state index is -0.822. The number of ether oxygens (including phenoxy) is 4. The molecular weight excluding hydrogens is 426 g/mol. The average Bonchev–Trinajstić information content (AvgIpc) is 3.59. The van der Waals surface area contributed by atoms with E-state index in [0.29, 0.717) is 24.0 Å². The summed E-state index contributed by atoms with van der Waals surface area (Å²) in [4.78, 5) is 37.9. The van der Waals surface area contributed by atoms with E-state index in [9.17, 15) is 14.4 Å². The van der Waals surface area contributed by atoms with Crippen molar-refractivity contribution in [2.75, 3.05) is 18.6 Å². The monoisotopic (exact) mass is 453 g/mol. The van der Waals surface area contributed by atoms with Crippen molar-refractivity contribution >= 4 is 23.7 Å². The molecule has 1 amide bonds. The smallest absolute Gasteiger partial charge is 0.465 e. The van der Waals surface area contributed by atoms with Crippen LogP contribution in [0, 0.1) is 5.92 Å². The molecule has 0 aliphatic heterocycles. The van der Waals surface area contributed by atoms with Crippen LogP contribution in [0.1, 0.15) is 49.4 Å². The van der Waals surface area contributed by atoms with E-state index in [1.165, 1.54) is 25.3 Å². The van der Waals surface area contributed by atoms with Gasteiger partial charge in [0.05, 0.1) is 12.7 Å². The summed E-state index contributed by atoms with van der Waals surface area (Å²) in [6.07, 6.45) is 4.03. The number of anilines is 1. The minimum Gasteiger partial charge on any atom is -0.465 e. The molecule has 33 heavy (non-hydrogen) atoms. The predicted octanol–water partition coefficient (Wildman–Crippen LogP) is 5.10. The third-order valence-electron chi connectivity index (χ3n) is 5.72. The second-order valence-corrected chi connectivity index (χ2v) is 8.38. The van der Waals surface area contributed by atoms with Crippen molar-refractivity contribution in [2.24, 2.45) is 5.92 Å². The van der Waals surface area contributed by atoms with Crippen molar-refractivity contribution in [2.45, 2.75) is 45.1 Å². The number of nitrogens with zero attached hydrogens (tertiary/aromatic N) is 1. The molecule has 0 saturated heterocycles. The summed E-state index contributed by atoms with van der Waals surface area (Å²) in [5.41, 5.74) is 0.970. The Kier molecular flexibility index (Phi) is 6.82. The highest BCUT2D eigenvalue weighted by Crippen LogP contribution is 2.33.